The van der Waals surface area contributed by atoms with Crippen molar-refractivity contribution in [1.82, 2.24) is 14.8 Å². The molecule has 1 aliphatic carbocycles. The molecule has 2 atom stereocenters. The van der Waals surface area contributed by atoms with Gasteiger partial charge in [0.25, 0.3) is 0 Å². The predicted molar refractivity (Wildman–Crippen MR) is 133 cm³/mol. The highest BCUT2D eigenvalue weighted by Gasteiger charge is 2.26. The summed E-state index contributed by atoms with van der Waals surface area (Å²) in [5, 5.41) is 5.84. The molecule has 4 rings (SSSR count). The van der Waals surface area contributed by atoms with Gasteiger partial charge in [0.15, 0.2) is 5.78 Å². The van der Waals surface area contributed by atoms with Crippen molar-refractivity contribution >= 4 is 22.7 Å². The number of Topliss-reactive ketones (excluding diaryl/α,β-unsaturated/α-hetero) is 1. The lowest BCUT2D eigenvalue weighted by molar-refractivity contribution is -0.124. The smallest absolute Gasteiger partial charge is 0.157 e. The fourth-order valence-corrected chi connectivity index (χ4v) is 5.43. The fraction of sp³-hybridized carbons (Fsp3) is 0.444. The number of hydrogen-bond acceptors (Lipinski definition) is 4. The molecule has 0 bridgehead atoms. The molecule has 4 nitrogen and oxygen atoms in total. The van der Waals surface area contributed by atoms with Crippen molar-refractivity contribution < 1.29 is 9.18 Å². The van der Waals surface area contributed by atoms with Gasteiger partial charge in [-0.15, -0.1) is 11.3 Å². The Kier molecular flexibility index (Phi) is 7.23. The monoisotopic (exact) mass is 465 g/mol. The van der Waals surface area contributed by atoms with Gasteiger partial charge in [0.2, 0.25) is 0 Å². The molecule has 2 heterocycles. The van der Waals surface area contributed by atoms with Crippen LogP contribution in [0.3, 0.4) is 0 Å². The Hall–Kier alpha value is -2.60. The highest BCUT2D eigenvalue weighted by molar-refractivity contribution is 7.12. The summed E-state index contributed by atoms with van der Waals surface area (Å²) in [6.45, 7) is 8.26. The molecule has 6 heteroatoms. The van der Waals surface area contributed by atoms with Gasteiger partial charge >= 0.3 is 0 Å². The number of rotatable bonds is 7. The van der Waals surface area contributed by atoms with E-state index in [-0.39, 0.29) is 24.1 Å². The number of hydrogen-bond donors (Lipinski definition) is 0. The summed E-state index contributed by atoms with van der Waals surface area (Å²) in [5.74, 6) is 0.324. The van der Waals surface area contributed by atoms with Crippen molar-refractivity contribution in [1.29, 1.82) is 0 Å². The van der Waals surface area contributed by atoms with E-state index in [2.05, 4.69) is 31.8 Å². The Bertz CT molecular complexity index is 1180. The van der Waals surface area contributed by atoms with Crippen LogP contribution in [0.1, 0.15) is 60.7 Å². The Morgan fingerprint density at radius 2 is 2.12 bits per heavy atom. The SMILES string of the molecule is CCc1cc(-c2ccc(F)c(C)c2)nn1CC(=O)C(C)C1CC=C(c2ncc(C)s2)CCC1. The standard InChI is InChI=1S/C27H32FN3OS/c1-5-23-14-25(22-11-12-24(28)17(2)13-22)30-31(23)16-26(32)19(4)20-7-6-8-21(10-9-20)27-29-15-18(3)33-27/h10-15,19-20H,5-9,16H2,1-4H3. The minimum absolute atomic E-state index is 0.0240. The Morgan fingerprint density at radius 3 is 2.82 bits per heavy atom. The number of carbonyl (C=O) groups excluding carboxylic acids is 1. The van der Waals surface area contributed by atoms with Crippen LogP contribution in [0.5, 0.6) is 0 Å². The minimum Gasteiger partial charge on any atom is -0.297 e. The zero-order chi connectivity index (χ0) is 23.5. The molecule has 0 fully saturated rings. The van der Waals surface area contributed by atoms with Crippen molar-refractivity contribution in [3.8, 4) is 11.3 Å². The molecule has 2 unspecified atom stereocenters. The third-order valence-electron chi connectivity index (χ3n) is 6.78. The quantitative estimate of drug-likeness (QED) is 0.385. The number of thiazole rings is 1. The lowest BCUT2D eigenvalue weighted by Gasteiger charge is -2.21. The summed E-state index contributed by atoms with van der Waals surface area (Å²) >= 11 is 1.75. The normalized spacial score (nSPS) is 17.5. The van der Waals surface area contributed by atoms with Crippen molar-refractivity contribution in [2.45, 2.75) is 66.3 Å². The van der Waals surface area contributed by atoms with E-state index in [1.54, 1.807) is 24.3 Å². The molecule has 174 valence electrons. The zero-order valence-corrected chi connectivity index (χ0v) is 20.7. The first-order chi connectivity index (χ1) is 15.9. The van der Waals surface area contributed by atoms with Gasteiger partial charge in [-0.05, 0) is 87.3 Å². The molecule has 2 aromatic heterocycles. The van der Waals surface area contributed by atoms with Crippen LogP contribution in [0.25, 0.3) is 16.8 Å². The molecule has 0 spiro atoms. The molecule has 33 heavy (non-hydrogen) atoms. The maximum Gasteiger partial charge on any atom is 0.157 e. The highest BCUT2D eigenvalue weighted by Crippen LogP contribution is 2.34. The lowest BCUT2D eigenvalue weighted by atomic mass is 9.85. The summed E-state index contributed by atoms with van der Waals surface area (Å²) in [7, 11) is 0. The molecule has 0 radical (unpaired) electrons. The lowest BCUT2D eigenvalue weighted by Crippen LogP contribution is -2.25. The van der Waals surface area contributed by atoms with Gasteiger partial charge in [-0.1, -0.05) is 19.9 Å². The summed E-state index contributed by atoms with van der Waals surface area (Å²) < 4.78 is 15.5. The first-order valence-corrected chi connectivity index (χ1v) is 12.6. The summed E-state index contributed by atoms with van der Waals surface area (Å²) in [5.41, 5.74) is 4.61. The van der Waals surface area contributed by atoms with E-state index in [0.29, 0.717) is 11.5 Å². The number of benzene rings is 1. The van der Waals surface area contributed by atoms with Crippen LogP contribution in [-0.4, -0.2) is 20.5 Å². The van der Waals surface area contributed by atoms with Crippen LogP contribution < -0.4 is 0 Å². The molecule has 1 aromatic carbocycles. The van der Waals surface area contributed by atoms with Crippen LogP contribution in [0, 0.1) is 31.5 Å². The third-order valence-corrected chi connectivity index (χ3v) is 7.77. The van der Waals surface area contributed by atoms with Gasteiger partial charge in [-0.25, -0.2) is 9.37 Å². The summed E-state index contributed by atoms with van der Waals surface area (Å²) in [4.78, 5) is 19.0. The van der Waals surface area contributed by atoms with E-state index >= 15 is 0 Å². The van der Waals surface area contributed by atoms with Crippen LogP contribution in [0.15, 0.2) is 36.5 Å². The van der Waals surface area contributed by atoms with Gasteiger partial charge < -0.3 is 0 Å². The Labute approximate surface area is 199 Å². The number of halogens is 1. The second-order valence-corrected chi connectivity index (χ2v) is 10.4. The highest BCUT2D eigenvalue weighted by atomic mass is 32.1. The summed E-state index contributed by atoms with van der Waals surface area (Å²) in [6, 6.07) is 7.05. The van der Waals surface area contributed by atoms with Crippen molar-refractivity contribution in [2.75, 3.05) is 0 Å². The van der Waals surface area contributed by atoms with Gasteiger partial charge in [0, 0.05) is 28.2 Å². The van der Waals surface area contributed by atoms with Gasteiger partial charge in [-0.3, -0.25) is 9.48 Å². The van der Waals surface area contributed by atoms with Gasteiger partial charge in [0.05, 0.1) is 5.69 Å². The number of allylic oxidation sites excluding steroid dienone is 2. The van der Waals surface area contributed by atoms with Gasteiger partial charge in [0.1, 0.15) is 17.4 Å². The largest absolute Gasteiger partial charge is 0.297 e. The van der Waals surface area contributed by atoms with E-state index in [1.807, 2.05) is 23.0 Å². The molecular formula is C27H32FN3OS. The predicted octanol–water partition coefficient (Wildman–Crippen LogP) is 6.80. The molecule has 0 aliphatic heterocycles. The molecule has 0 N–H and O–H groups in total. The van der Waals surface area contributed by atoms with Crippen LogP contribution in [0.4, 0.5) is 4.39 Å². The molecule has 3 aromatic rings. The maximum absolute atomic E-state index is 13.7. The second-order valence-electron chi connectivity index (χ2n) is 9.14. The van der Waals surface area contributed by atoms with Crippen LogP contribution >= 0.6 is 11.3 Å². The van der Waals surface area contributed by atoms with Crippen LogP contribution in [0.2, 0.25) is 0 Å². The minimum atomic E-state index is -0.219. The topological polar surface area (TPSA) is 47.8 Å². The van der Waals surface area contributed by atoms with E-state index in [9.17, 15) is 9.18 Å². The number of ketones is 1. The average molecular weight is 466 g/mol. The maximum atomic E-state index is 13.7. The van der Waals surface area contributed by atoms with E-state index in [4.69, 9.17) is 5.10 Å². The van der Waals surface area contributed by atoms with E-state index < -0.39 is 0 Å². The number of aromatic nitrogens is 3. The molecule has 0 amide bonds. The number of carbonyl (C=O) groups is 1. The van der Waals surface area contributed by atoms with Crippen molar-refractivity contribution in [3.05, 3.63) is 63.5 Å². The van der Waals surface area contributed by atoms with Gasteiger partial charge in [-0.2, -0.15) is 5.10 Å². The van der Waals surface area contributed by atoms with Crippen molar-refractivity contribution in [2.24, 2.45) is 11.8 Å². The first kappa shape index (κ1) is 23.6. The summed E-state index contributed by atoms with van der Waals surface area (Å²) in [6.07, 6.45) is 9.12. The van der Waals surface area contributed by atoms with E-state index in [1.165, 1.54) is 16.5 Å². The average Bonchev–Trinajstić information content (AvgIpc) is 3.33. The Morgan fingerprint density at radius 1 is 1.30 bits per heavy atom. The molecule has 0 saturated carbocycles. The molecule has 0 saturated heterocycles. The third kappa shape index (κ3) is 5.32. The molecule has 1 aliphatic rings. The number of nitrogens with zero attached hydrogens (tertiary/aromatic N) is 3. The van der Waals surface area contributed by atoms with E-state index in [0.717, 1.165) is 54.1 Å². The fourth-order valence-electron chi connectivity index (χ4n) is 4.60. The second kappa shape index (κ2) is 10.1. The van der Waals surface area contributed by atoms with Crippen LogP contribution in [-0.2, 0) is 17.8 Å². The molecular weight excluding hydrogens is 433 g/mol. The first-order valence-electron chi connectivity index (χ1n) is 11.8. The Balaban J connectivity index is 1.46. The zero-order valence-electron chi connectivity index (χ0n) is 19.9. The van der Waals surface area contributed by atoms with Crippen molar-refractivity contribution in [3.63, 3.8) is 0 Å². The number of aryl methyl sites for hydroxylation is 3.